The number of ketones is 1. The van der Waals surface area contributed by atoms with E-state index in [-0.39, 0.29) is 5.78 Å². The molecule has 0 saturated carbocycles. The maximum atomic E-state index is 12.5. The summed E-state index contributed by atoms with van der Waals surface area (Å²) in [6, 6.07) is 11.1. The van der Waals surface area contributed by atoms with Crippen molar-refractivity contribution in [2.24, 2.45) is 0 Å². The second kappa shape index (κ2) is 5.57. The molecule has 2 aromatic rings. The first kappa shape index (κ1) is 13.8. The predicted octanol–water partition coefficient (Wildman–Crippen LogP) is 4.31. The van der Waals surface area contributed by atoms with Crippen molar-refractivity contribution in [1.29, 1.82) is 0 Å². The number of benzene rings is 2. The molecule has 0 fully saturated rings. The molecule has 2 nitrogen and oxygen atoms in total. The van der Waals surface area contributed by atoms with Crippen molar-refractivity contribution in [2.45, 2.75) is 13.8 Å². The highest BCUT2D eigenvalue weighted by molar-refractivity contribution is 9.10. The van der Waals surface area contributed by atoms with Crippen LogP contribution in [0.5, 0.6) is 5.75 Å². The zero-order valence-corrected chi connectivity index (χ0v) is 12.7. The fourth-order valence-electron chi connectivity index (χ4n) is 2.02. The Balaban J connectivity index is 2.45. The standard InChI is InChI=1S/C16H15BrO2/c1-10-11(2)15(19-3)9-8-14(10)16(18)12-4-6-13(17)7-5-12/h4-9H,1-3H3. The van der Waals surface area contributed by atoms with Gasteiger partial charge in [-0.3, -0.25) is 4.79 Å². The van der Waals surface area contributed by atoms with Gasteiger partial charge in [-0.05, 0) is 61.4 Å². The molecule has 0 radical (unpaired) electrons. The number of methoxy groups -OCH3 is 1. The number of hydrogen-bond donors (Lipinski definition) is 0. The van der Waals surface area contributed by atoms with Gasteiger partial charge in [0.1, 0.15) is 5.75 Å². The number of carbonyl (C=O) groups is 1. The van der Waals surface area contributed by atoms with Crippen LogP contribution in [0, 0.1) is 13.8 Å². The van der Waals surface area contributed by atoms with Crippen LogP contribution in [0.3, 0.4) is 0 Å². The van der Waals surface area contributed by atoms with E-state index in [4.69, 9.17) is 4.74 Å². The third-order valence-electron chi connectivity index (χ3n) is 3.31. The molecular formula is C16H15BrO2. The first-order valence-electron chi connectivity index (χ1n) is 5.99. The van der Waals surface area contributed by atoms with Crippen LogP contribution in [0.25, 0.3) is 0 Å². The molecule has 98 valence electrons. The monoisotopic (exact) mass is 318 g/mol. The molecule has 0 aliphatic heterocycles. The number of halogens is 1. The van der Waals surface area contributed by atoms with Crippen molar-refractivity contribution in [3.05, 3.63) is 63.1 Å². The van der Waals surface area contributed by atoms with Gasteiger partial charge >= 0.3 is 0 Å². The van der Waals surface area contributed by atoms with Gasteiger partial charge in [-0.2, -0.15) is 0 Å². The van der Waals surface area contributed by atoms with E-state index < -0.39 is 0 Å². The lowest BCUT2D eigenvalue weighted by molar-refractivity contribution is 0.103. The maximum absolute atomic E-state index is 12.5. The molecule has 3 heteroatoms. The Morgan fingerprint density at radius 2 is 1.63 bits per heavy atom. The minimum absolute atomic E-state index is 0.0377. The summed E-state index contributed by atoms with van der Waals surface area (Å²) in [7, 11) is 1.64. The van der Waals surface area contributed by atoms with Crippen molar-refractivity contribution in [2.75, 3.05) is 7.11 Å². The van der Waals surface area contributed by atoms with Crippen LogP contribution in [0.4, 0.5) is 0 Å². The lowest BCUT2D eigenvalue weighted by Crippen LogP contribution is -2.05. The van der Waals surface area contributed by atoms with Crippen LogP contribution >= 0.6 is 15.9 Å². The van der Waals surface area contributed by atoms with Crippen molar-refractivity contribution in [1.82, 2.24) is 0 Å². The highest BCUT2D eigenvalue weighted by Gasteiger charge is 2.14. The first-order valence-corrected chi connectivity index (χ1v) is 6.78. The molecule has 19 heavy (non-hydrogen) atoms. The van der Waals surface area contributed by atoms with Crippen LogP contribution in [-0.4, -0.2) is 12.9 Å². The topological polar surface area (TPSA) is 26.3 Å². The van der Waals surface area contributed by atoms with Crippen LogP contribution in [0.2, 0.25) is 0 Å². The van der Waals surface area contributed by atoms with E-state index in [0.29, 0.717) is 5.56 Å². The van der Waals surface area contributed by atoms with E-state index in [2.05, 4.69) is 15.9 Å². The Hall–Kier alpha value is -1.61. The smallest absolute Gasteiger partial charge is 0.193 e. The average Bonchev–Trinajstić information content (AvgIpc) is 2.42. The van der Waals surface area contributed by atoms with E-state index >= 15 is 0 Å². The van der Waals surface area contributed by atoms with Gasteiger partial charge in [0, 0.05) is 15.6 Å². The van der Waals surface area contributed by atoms with E-state index in [1.165, 1.54) is 0 Å². The second-order valence-electron chi connectivity index (χ2n) is 4.40. The highest BCUT2D eigenvalue weighted by atomic mass is 79.9. The highest BCUT2D eigenvalue weighted by Crippen LogP contribution is 2.25. The van der Waals surface area contributed by atoms with Crippen molar-refractivity contribution < 1.29 is 9.53 Å². The Bertz CT molecular complexity index is 615. The zero-order valence-electron chi connectivity index (χ0n) is 11.2. The fourth-order valence-corrected chi connectivity index (χ4v) is 2.28. The molecule has 0 bridgehead atoms. The normalized spacial score (nSPS) is 10.3. The summed E-state index contributed by atoms with van der Waals surface area (Å²) < 4.78 is 6.23. The van der Waals surface area contributed by atoms with Crippen molar-refractivity contribution >= 4 is 21.7 Å². The van der Waals surface area contributed by atoms with E-state index in [9.17, 15) is 4.79 Å². The largest absolute Gasteiger partial charge is 0.496 e. The number of hydrogen-bond acceptors (Lipinski definition) is 2. The summed E-state index contributed by atoms with van der Waals surface area (Å²) in [5.74, 6) is 0.848. The van der Waals surface area contributed by atoms with Crippen LogP contribution in [-0.2, 0) is 0 Å². The summed E-state index contributed by atoms with van der Waals surface area (Å²) in [6.45, 7) is 3.91. The predicted molar refractivity (Wildman–Crippen MR) is 80.0 cm³/mol. The summed E-state index contributed by atoms with van der Waals surface area (Å²) >= 11 is 3.37. The van der Waals surface area contributed by atoms with Gasteiger partial charge in [-0.15, -0.1) is 0 Å². The Kier molecular flexibility index (Phi) is 4.05. The molecule has 0 amide bonds. The maximum Gasteiger partial charge on any atom is 0.193 e. The molecular weight excluding hydrogens is 304 g/mol. The molecule has 2 aromatic carbocycles. The Labute approximate surface area is 121 Å². The molecule has 0 aliphatic carbocycles. The lowest BCUT2D eigenvalue weighted by atomic mass is 9.95. The number of rotatable bonds is 3. The quantitative estimate of drug-likeness (QED) is 0.788. The van der Waals surface area contributed by atoms with Gasteiger partial charge < -0.3 is 4.74 Å². The molecule has 0 unspecified atom stereocenters. The molecule has 0 saturated heterocycles. The van der Waals surface area contributed by atoms with Crippen LogP contribution in [0.1, 0.15) is 27.0 Å². The molecule has 0 N–H and O–H groups in total. The third-order valence-corrected chi connectivity index (χ3v) is 3.84. The molecule has 0 aromatic heterocycles. The van der Waals surface area contributed by atoms with Gasteiger partial charge in [0.25, 0.3) is 0 Å². The molecule has 0 atom stereocenters. The second-order valence-corrected chi connectivity index (χ2v) is 5.32. The Morgan fingerprint density at radius 1 is 1.00 bits per heavy atom. The Morgan fingerprint density at radius 3 is 2.21 bits per heavy atom. The zero-order chi connectivity index (χ0) is 14.0. The average molecular weight is 319 g/mol. The summed E-state index contributed by atoms with van der Waals surface area (Å²) in [5.41, 5.74) is 3.38. The minimum Gasteiger partial charge on any atom is -0.496 e. The lowest BCUT2D eigenvalue weighted by Gasteiger charge is -2.12. The van der Waals surface area contributed by atoms with Gasteiger partial charge in [-0.25, -0.2) is 0 Å². The van der Waals surface area contributed by atoms with E-state index in [1.807, 2.05) is 50.2 Å². The van der Waals surface area contributed by atoms with E-state index in [1.54, 1.807) is 7.11 Å². The van der Waals surface area contributed by atoms with E-state index in [0.717, 1.165) is 26.9 Å². The number of ether oxygens (including phenoxy) is 1. The third kappa shape index (κ3) is 2.71. The van der Waals surface area contributed by atoms with Gasteiger partial charge in [0.15, 0.2) is 5.78 Å². The van der Waals surface area contributed by atoms with Gasteiger partial charge in [0.2, 0.25) is 0 Å². The number of carbonyl (C=O) groups excluding carboxylic acids is 1. The summed E-state index contributed by atoms with van der Waals surface area (Å²) in [4.78, 5) is 12.5. The fraction of sp³-hybridized carbons (Fsp3) is 0.188. The molecule has 0 heterocycles. The SMILES string of the molecule is COc1ccc(C(=O)c2ccc(Br)cc2)c(C)c1C. The van der Waals surface area contributed by atoms with Crippen molar-refractivity contribution in [3.8, 4) is 5.75 Å². The molecule has 2 rings (SSSR count). The van der Waals surface area contributed by atoms with Gasteiger partial charge in [0.05, 0.1) is 7.11 Å². The minimum atomic E-state index is 0.0377. The summed E-state index contributed by atoms with van der Waals surface area (Å²) in [5, 5.41) is 0. The van der Waals surface area contributed by atoms with Crippen LogP contribution in [0.15, 0.2) is 40.9 Å². The summed E-state index contributed by atoms with van der Waals surface area (Å²) in [6.07, 6.45) is 0. The molecule has 0 aliphatic rings. The first-order chi connectivity index (χ1) is 9.04. The molecule has 0 spiro atoms. The van der Waals surface area contributed by atoms with Gasteiger partial charge in [-0.1, -0.05) is 15.9 Å². The van der Waals surface area contributed by atoms with Crippen molar-refractivity contribution in [3.63, 3.8) is 0 Å². The van der Waals surface area contributed by atoms with Crippen LogP contribution < -0.4 is 4.74 Å².